The number of aromatic nitrogens is 2. The molecule has 5 nitrogen and oxygen atoms in total. The van der Waals surface area contributed by atoms with E-state index in [4.69, 9.17) is 11.6 Å². The molecule has 0 aliphatic carbocycles. The van der Waals surface area contributed by atoms with Gasteiger partial charge in [0.2, 0.25) is 5.28 Å². The van der Waals surface area contributed by atoms with E-state index in [-0.39, 0.29) is 15.7 Å². The quantitative estimate of drug-likeness (QED) is 0.882. The Hall–Kier alpha value is -1.80. The van der Waals surface area contributed by atoms with E-state index in [9.17, 15) is 17.2 Å². The van der Waals surface area contributed by atoms with E-state index in [0.29, 0.717) is 0 Å². The molecule has 1 heterocycles. The summed E-state index contributed by atoms with van der Waals surface area (Å²) in [6, 6.07) is 1.66. The fraction of sp³-hybridized carbons (Fsp3) is 0.0909. The number of hydrogen-bond donors (Lipinski definition) is 1. The van der Waals surface area contributed by atoms with Gasteiger partial charge in [-0.1, -0.05) is 0 Å². The standard InChI is InChI=1S/C11H8ClF2N3O2S/c1-6-2-9(14)10(3-8(6)13)17-20(18,19)7-4-15-11(12)16-5-7/h2-5,17H,1H3. The van der Waals surface area contributed by atoms with Crippen molar-refractivity contribution in [2.75, 3.05) is 4.72 Å². The normalized spacial score (nSPS) is 11.4. The lowest BCUT2D eigenvalue weighted by molar-refractivity contribution is 0.590. The fourth-order valence-corrected chi connectivity index (χ4v) is 2.41. The first-order valence-electron chi connectivity index (χ1n) is 5.25. The van der Waals surface area contributed by atoms with Gasteiger partial charge in [0.05, 0.1) is 18.1 Å². The highest BCUT2D eigenvalue weighted by molar-refractivity contribution is 7.92. The lowest BCUT2D eigenvalue weighted by Gasteiger charge is -2.09. The number of rotatable bonds is 3. The van der Waals surface area contributed by atoms with Gasteiger partial charge >= 0.3 is 0 Å². The molecule has 0 saturated heterocycles. The molecule has 1 aromatic carbocycles. The van der Waals surface area contributed by atoms with Crippen LogP contribution >= 0.6 is 11.6 Å². The summed E-state index contributed by atoms with van der Waals surface area (Å²) >= 11 is 5.44. The summed E-state index contributed by atoms with van der Waals surface area (Å²) in [7, 11) is -4.12. The third-order valence-electron chi connectivity index (χ3n) is 2.40. The van der Waals surface area contributed by atoms with Gasteiger partial charge in [-0.3, -0.25) is 4.72 Å². The summed E-state index contributed by atoms with van der Waals surface area (Å²) < 4.78 is 52.7. The van der Waals surface area contributed by atoms with E-state index >= 15 is 0 Å². The highest BCUT2D eigenvalue weighted by Gasteiger charge is 2.18. The second kappa shape index (κ2) is 5.29. The molecule has 2 aromatic rings. The van der Waals surface area contributed by atoms with Crippen molar-refractivity contribution in [2.45, 2.75) is 11.8 Å². The molecule has 0 spiro atoms. The van der Waals surface area contributed by atoms with Gasteiger partial charge in [0.25, 0.3) is 10.0 Å². The molecule has 0 aliphatic rings. The van der Waals surface area contributed by atoms with E-state index in [2.05, 4.69) is 9.97 Å². The first-order valence-corrected chi connectivity index (χ1v) is 7.12. The molecule has 20 heavy (non-hydrogen) atoms. The van der Waals surface area contributed by atoms with Gasteiger partial charge in [-0.15, -0.1) is 0 Å². The van der Waals surface area contributed by atoms with Gasteiger partial charge in [-0.25, -0.2) is 27.2 Å². The van der Waals surface area contributed by atoms with Crippen molar-refractivity contribution in [3.05, 3.63) is 47.0 Å². The van der Waals surface area contributed by atoms with Crippen LogP contribution in [0, 0.1) is 18.6 Å². The molecule has 9 heteroatoms. The molecule has 0 bridgehead atoms. The van der Waals surface area contributed by atoms with Crippen molar-refractivity contribution in [3.8, 4) is 0 Å². The maximum atomic E-state index is 13.6. The largest absolute Gasteiger partial charge is 0.276 e. The second-order valence-corrected chi connectivity index (χ2v) is 5.89. The van der Waals surface area contributed by atoms with Crippen LogP contribution in [0.3, 0.4) is 0 Å². The number of hydrogen-bond acceptors (Lipinski definition) is 4. The molecule has 0 fully saturated rings. The van der Waals surface area contributed by atoms with Crippen LogP contribution < -0.4 is 4.72 Å². The molecule has 1 aromatic heterocycles. The molecule has 0 saturated carbocycles. The van der Waals surface area contributed by atoms with Crippen LogP contribution in [0.1, 0.15) is 5.56 Å². The van der Waals surface area contributed by atoms with E-state index in [1.165, 1.54) is 6.92 Å². The average Bonchev–Trinajstić information content (AvgIpc) is 2.36. The monoisotopic (exact) mass is 319 g/mol. The zero-order chi connectivity index (χ0) is 14.9. The molecular weight excluding hydrogens is 312 g/mol. The van der Waals surface area contributed by atoms with Crippen molar-refractivity contribution in [3.63, 3.8) is 0 Å². The number of anilines is 1. The summed E-state index contributed by atoms with van der Waals surface area (Å²) in [5.74, 6) is -1.61. The van der Waals surface area contributed by atoms with Crippen molar-refractivity contribution < 1.29 is 17.2 Å². The fourth-order valence-electron chi connectivity index (χ4n) is 1.37. The van der Waals surface area contributed by atoms with Gasteiger partial charge in [-0.05, 0) is 30.2 Å². The molecule has 0 aliphatic heterocycles. The summed E-state index contributed by atoms with van der Waals surface area (Å²) in [4.78, 5) is 6.70. The number of nitrogens with one attached hydrogen (secondary N) is 1. The Labute approximate surface area is 118 Å². The number of sulfonamides is 1. The van der Waals surface area contributed by atoms with Gasteiger partial charge in [-0.2, -0.15) is 0 Å². The van der Waals surface area contributed by atoms with Crippen LogP contribution in [0.4, 0.5) is 14.5 Å². The minimum atomic E-state index is -4.12. The Morgan fingerprint density at radius 2 is 1.75 bits per heavy atom. The summed E-state index contributed by atoms with van der Waals surface area (Å²) in [5, 5.41) is -0.128. The molecule has 2 rings (SSSR count). The van der Waals surface area contributed by atoms with Crippen molar-refractivity contribution in [2.24, 2.45) is 0 Å². The Balaban J connectivity index is 2.38. The number of benzene rings is 1. The van der Waals surface area contributed by atoms with Gasteiger partial charge in [0.1, 0.15) is 16.5 Å². The highest BCUT2D eigenvalue weighted by Crippen LogP contribution is 2.22. The smallest absolute Gasteiger partial charge is 0.265 e. The highest BCUT2D eigenvalue weighted by atomic mass is 35.5. The minimum absolute atomic E-state index is 0.0697. The lowest BCUT2D eigenvalue weighted by Crippen LogP contribution is -2.15. The maximum Gasteiger partial charge on any atom is 0.265 e. The predicted octanol–water partition coefficient (Wildman–Crippen LogP) is 2.52. The summed E-state index contributed by atoms with van der Waals surface area (Å²) in [6.07, 6.45) is 1.92. The minimum Gasteiger partial charge on any atom is -0.276 e. The third kappa shape index (κ3) is 3.02. The zero-order valence-corrected chi connectivity index (χ0v) is 11.6. The molecule has 0 amide bonds. The molecule has 106 valence electrons. The molecule has 1 N–H and O–H groups in total. The molecule has 0 radical (unpaired) electrons. The summed E-state index contributed by atoms with van der Waals surface area (Å²) in [5.41, 5.74) is -0.427. The van der Waals surface area contributed by atoms with E-state index < -0.39 is 27.3 Å². The first kappa shape index (κ1) is 14.6. The first-order chi connectivity index (χ1) is 9.29. The zero-order valence-electron chi connectivity index (χ0n) is 10.1. The van der Waals surface area contributed by atoms with Crippen molar-refractivity contribution >= 4 is 27.3 Å². The van der Waals surface area contributed by atoms with E-state index in [1.54, 1.807) is 0 Å². The Morgan fingerprint density at radius 3 is 2.35 bits per heavy atom. The van der Waals surface area contributed by atoms with Crippen molar-refractivity contribution in [1.29, 1.82) is 0 Å². The second-order valence-electron chi connectivity index (χ2n) is 3.87. The van der Waals surface area contributed by atoms with E-state index in [1.807, 2.05) is 4.72 Å². The van der Waals surface area contributed by atoms with Gasteiger partial charge in [0.15, 0.2) is 0 Å². The van der Waals surface area contributed by atoms with Crippen LogP contribution in [0.2, 0.25) is 5.28 Å². The number of aryl methyl sites for hydroxylation is 1. The van der Waals surface area contributed by atoms with Crippen LogP contribution in [-0.4, -0.2) is 18.4 Å². The number of halogens is 3. The topological polar surface area (TPSA) is 72.0 Å². The van der Waals surface area contributed by atoms with Crippen LogP contribution in [0.25, 0.3) is 0 Å². The van der Waals surface area contributed by atoms with E-state index in [0.717, 1.165) is 24.5 Å². The van der Waals surface area contributed by atoms with Crippen LogP contribution in [-0.2, 0) is 10.0 Å². The molecule has 0 unspecified atom stereocenters. The van der Waals surface area contributed by atoms with Crippen molar-refractivity contribution in [1.82, 2.24) is 9.97 Å². The number of nitrogens with zero attached hydrogens (tertiary/aromatic N) is 2. The maximum absolute atomic E-state index is 13.6. The third-order valence-corrected chi connectivity index (χ3v) is 3.91. The van der Waals surface area contributed by atoms with Crippen LogP contribution in [0.15, 0.2) is 29.4 Å². The molecular formula is C11H8ClF2N3O2S. The SMILES string of the molecule is Cc1cc(F)c(NS(=O)(=O)c2cnc(Cl)nc2)cc1F. The Bertz CT molecular complexity index is 751. The average molecular weight is 320 g/mol. The van der Waals surface area contributed by atoms with Gasteiger partial charge < -0.3 is 0 Å². The predicted molar refractivity (Wildman–Crippen MR) is 68.9 cm³/mol. The Morgan fingerprint density at radius 1 is 1.15 bits per heavy atom. The lowest BCUT2D eigenvalue weighted by atomic mass is 10.2. The van der Waals surface area contributed by atoms with Crippen LogP contribution in [0.5, 0.6) is 0 Å². The summed E-state index contributed by atoms with van der Waals surface area (Å²) in [6.45, 7) is 1.36. The molecule has 0 atom stereocenters. The van der Waals surface area contributed by atoms with Gasteiger partial charge in [0, 0.05) is 6.07 Å². The Kier molecular flexibility index (Phi) is 3.87.